The first-order chi connectivity index (χ1) is 10.7. The van der Waals surface area contributed by atoms with Crippen molar-refractivity contribution in [2.45, 2.75) is 12.3 Å². The van der Waals surface area contributed by atoms with Gasteiger partial charge in [-0.05, 0) is 17.9 Å². The van der Waals surface area contributed by atoms with Crippen LogP contribution in [0.5, 0.6) is 0 Å². The summed E-state index contributed by atoms with van der Waals surface area (Å²) in [6.07, 6.45) is 0.857. The number of esters is 1. The number of carbonyl (C=O) groups is 2. The van der Waals surface area contributed by atoms with Crippen molar-refractivity contribution in [3.8, 4) is 6.07 Å². The van der Waals surface area contributed by atoms with Crippen LogP contribution in [0.3, 0.4) is 0 Å². The van der Waals surface area contributed by atoms with E-state index in [2.05, 4.69) is 6.07 Å². The van der Waals surface area contributed by atoms with E-state index in [1.165, 1.54) is 30.2 Å². The molecule has 2 atom stereocenters. The fourth-order valence-corrected chi connectivity index (χ4v) is 4.87. The van der Waals surface area contributed by atoms with E-state index >= 15 is 0 Å². The summed E-state index contributed by atoms with van der Waals surface area (Å²) in [7, 11) is 1.28. The molecule has 1 aromatic rings. The Kier molecular flexibility index (Phi) is 4.23. The molecule has 1 amide bonds. The van der Waals surface area contributed by atoms with Gasteiger partial charge in [-0.15, -0.1) is 23.1 Å². The normalized spacial score (nSPS) is 24.7. The average molecular weight is 334 g/mol. The number of methoxy groups -OCH3 is 1. The monoisotopic (exact) mass is 334 g/mol. The number of hydrogen-bond acceptors (Lipinski definition) is 6. The van der Waals surface area contributed by atoms with Crippen molar-refractivity contribution in [2.24, 2.45) is 5.92 Å². The van der Waals surface area contributed by atoms with Gasteiger partial charge in [-0.2, -0.15) is 5.26 Å². The number of nitrogens with zero attached hydrogens (tertiary/aromatic N) is 2. The predicted molar refractivity (Wildman–Crippen MR) is 84.0 cm³/mol. The Hall–Kier alpha value is -1.78. The third-order valence-corrected chi connectivity index (χ3v) is 6.00. The van der Waals surface area contributed by atoms with Crippen LogP contribution in [0.15, 0.2) is 28.1 Å². The highest BCUT2D eigenvalue weighted by atomic mass is 32.2. The molecule has 22 heavy (non-hydrogen) atoms. The second kappa shape index (κ2) is 6.15. The summed E-state index contributed by atoms with van der Waals surface area (Å²) in [5.74, 6) is -1.47. The zero-order chi connectivity index (χ0) is 15.7. The van der Waals surface area contributed by atoms with Gasteiger partial charge in [0.15, 0.2) is 0 Å². The van der Waals surface area contributed by atoms with E-state index in [0.29, 0.717) is 17.1 Å². The van der Waals surface area contributed by atoms with Crippen molar-refractivity contribution in [2.75, 3.05) is 19.4 Å². The van der Waals surface area contributed by atoms with Crippen molar-refractivity contribution < 1.29 is 14.3 Å². The predicted octanol–water partition coefficient (Wildman–Crippen LogP) is 2.34. The van der Waals surface area contributed by atoms with E-state index in [0.717, 1.165) is 17.1 Å². The first kappa shape index (κ1) is 15.1. The van der Waals surface area contributed by atoms with Gasteiger partial charge in [-0.1, -0.05) is 6.07 Å². The Balaban J connectivity index is 2.18. The van der Waals surface area contributed by atoms with Gasteiger partial charge in [0.25, 0.3) is 0 Å². The Bertz CT molecular complexity index is 675. The van der Waals surface area contributed by atoms with E-state index in [4.69, 9.17) is 4.74 Å². The van der Waals surface area contributed by atoms with Crippen LogP contribution in [-0.2, 0) is 14.3 Å². The first-order valence-corrected chi connectivity index (χ1v) is 8.75. The SMILES string of the molecule is COC(=O)[C@H]1C(=O)N2CCCSC2=C(C#N)[C@H]1c1cccs1. The molecule has 3 heterocycles. The number of amides is 1. The molecule has 0 N–H and O–H groups in total. The molecule has 2 aliphatic heterocycles. The molecule has 1 saturated heterocycles. The number of hydrogen-bond donors (Lipinski definition) is 0. The smallest absolute Gasteiger partial charge is 0.319 e. The highest BCUT2D eigenvalue weighted by Crippen LogP contribution is 2.46. The molecular formula is C15H14N2O3S2. The van der Waals surface area contributed by atoms with Gasteiger partial charge in [0.05, 0.1) is 29.7 Å². The molecule has 0 spiro atoms. The second-order valence-electron chi connectivity index (χ2n) is 5.02. The molecule has 0 unspecified atom stereocenters. The Labute approximate surface area is 136 Å². The molecule has 1 aromatic heterocycles. The largest absolute Gasteiger partial charge is 0.468 e. The maximum atomic E-state index is 12.8. The lowest BCUT2D eigenvalue weighted by Crippen LogP contribution is -2.48. The number of fused-ring (bicyclic) bond motifs is 1. The van der Waals surface area contributed by atoms with Gasteiger partial charge in [0.1, 0.15) is 5.92 Å². The number of allylic oxidation sites excluding steroid dienone is 1. The molecule has 1 fully saturated rings. The minimum atomic E-state index is -0.972. The summed E-state index contributed by atoms with van der Waals surface area (Å²) in [5, 5.41) is 12.2. The van der Waals surface area contributed by atoms with Crippen LogP contribution in [0, 0.1) is 17.2 Å². The van der Waals surface area contributed by atoms with Crippen LogP contribution in [0.25, 0.3) is 0 Å². The molecule has 5 nitrogen and oxygen atoms in total. The van der Waals surface area contributed by atoms with Crippen LogP contribution >= 0.6 is 23.1 Å². The van der Waals surface area contributed by atoms with Crippen LogP contribution in [0.1, 0.15) is 17.2 Å². The number of rotatable bonds is 2. The highest BCUT2D eigenvalue weighted by Gasteiger charge is 2.48. The van der Waals surface area contributed by atoms with Gasteiger partial charge < -0.3 is 9.64 Å². The summed E-state index contributed by atoms with van der Waals surface area (Å²) < 4.78 is 4.84. The van der Waals surface area contributed by atoms with Crippen molar-refractivity contribution in [1.82, 2.24) is 4.90 Å². The molecule has 0 aliphatic carbocycles. The lowest BCUT2D eigenvalue weighted by Gasteiger charge is -2.39. The minimum absolute atomic E-state index is 0.258. The summed E-state index contributed by atoms with van der Waals surface area (Å²) in [6, 6.07) is 5.96. The fraction of sp³-hybridized carbons (Fsp3) is 0.400. The molecule has 0 aromatic carbocycles. The first-order valence-electron chi connectivity index (χ1n) is 6.88. The summed E-state index contributed by atoms with van der Waals surface area (Å²) in [6.45, 7) is 0.553. The van der Waals surface area contributed by atoms with E-state index in [1.807, 2.05) is 17.5 Å². The van der Waals surface area contributed by atoms with Crippen molar-refractivity contribution in [3.05, 3.63) is 33.0 Å². The zero-order valence-corrected chi connectivity index (χ0v) is 13.6. The molecule has 0 bridgehead atoms. The standard InChI is InChI=1S/C15H14N2O3S2/c1-20-15(19)12-11(10-4-2-6-21-10)9(8-16)14-17(13(12)18)5-3-7-22-14/h2,4,6,11-12H,3,5,7H2,1H3/t11-,12+/m0/s1. The molecule has 7 heteroatoms. The van der Waals surface area contributed by atoms with Crippen molar-refractivity contribution in [3.63, 3.8) is 0 Å². The fourth-order valence-electron chi connectivity index (χ4n) is 2.87. The quantitative estimate of drug-likeness (QED) is 0.613. The van der Waals surface area contributed by atoms with Crippen molar-refractivity contribution in [1.29, 1.82) is 5.26 Å². The molecule has 114 valence electrons. The lowest BCUT2D eigenvalue weighted by atomic mass is 9.81. The lowest BCUT2D eigenvalue weighted by molar-refractivity contribution is -0.154. The molecule has 0 saturated carbocycles. The number of ether oxygens (including phenoxy) is 1. The van der Waals surface area contributed by atoms with Crippen LogP contribution in [0.4, 0.5) is 0 Å². The third-order valence-electron chi connectivity index (χ3n) is 3.84. The molecular weight excluding hydrogens is 320 g/mol. The Morgan fingerprint density at radius 3 is 3.00 bits per heavy atom. The topological polar surface area (TPSA) is 70.4 Å². The minimum Gasteiger partial charge on any atom is -0.468 e. The number of nitriles is 1. The van der Waals surface area contributed by atoms with Gasteiger partial charge in [-0.3, -0.25) is 9.59 Å². The molecule has 2 aliphatic rings. The maximum Gasteiger partial charge on any atom is 0.319 e. The van der Waals surface area contributed by atoms with Gasteiger partial charge in [0.2, 0.25) is 5.91 Å². The summed E-state index contributed by atoms with van der Waals surface area (Å²) >= 11 is 2.97. The zero-order valence-electron chi connectivity index (χ0n) is 11.9. The molecule has 0 radical (unpaired) electrons. The van der Waals surface area contributed by atoms with Crippen molar-refractivity contribution >= 4 is 35.0 Å². The third kappa shape index (κ3) is 2.32. The van der Waals surface area contributed by atoms with Crippen LogP contribution < -0.4 is 0 Å². The van der Waals surface area contributed by atoms with E-state index < -0.39 is 17.8 Å². The Morgan fingerprint density at radius 2 is 2.36 bits per heavy atom. The van der Waals surface area contributed by atoms with Crippen LogP contribution in [0.2, 0.25) is 0 Å². The van der Waals surface area contributed by atoms with E-state index in [1.54, 1.807) is 4.90 Å². The number of thioether (sulfide) groups is 1. The summed E-state index contributed by atoms with van der Waals surface area (Å²) in [4.78, 5) is 27.4. The van der Waals surface area contributed by atoms with Crippen LogP contribution in [-0.4, -0.2) is 36.2 Å². The number of thiophene rings is 1. The highest BCUT2D eigenvalue weighted by molar-refractivity contribution is 8.03. The van der Waals surface area contributed by atoms with Gasteiger partial charge in [0, 0.05) is 17.2 Å². The molecule has 3 rings (SSSR count). The van der Waals surface area contributed by atoms with Gasteiger partial charge in [-0.25, -0.2) is 0 Å². The van der Waals surface area contributed by atoms with E-state index in [-0.39, 0.29) is 5.91 Å². The maximum absolute atomic E-state index is 12.8. The van der Waals surface area contributed by atoms with Gasteiger partial charge >= 0.3 is 5.97 Å². The second-order valence-corrected chi connectivity index (χ2v) is 7.08. The average Bonchev–Trinajstić information content (AvgIpc) is 3.08. The van der Waals surface area contributed by atoms with E-state index in [9.17, 15) is 14.9 Å². The Morgan fingerprint density at radius 1 is 1.55 bits per heavy atom. The number of carbonyl (C=O) groups excluding carboxylic acids is 2. The summed E-state index contributed by atoms with van der Waals surface area (Å²) in [5.41, 5.74) is 0.502.